The number of benzene rings is 3. The summed E-state index contributed by atoms with van der Waals surface area (Å²) < 4.78 is 34.3. The molecule has 4 aliphatic rings. The third-order valence-electron chi connectivity index (χ3n) is 6.82. The zero-order chi connectivity index (χ0) is 25.1. The van der Waals surface area contributed by atoms with Crippen molar-refractivity contribution >= 4 is 23.5 Å². The molecule has 0 unspecified atom stereocenters. The van der Waals surface area contributed by atoms with Crippen LogP contribution in [-0.2, 0) is 24.4 Å². The van der Waals surface area contributed by atoms with Gasteiger partial charge in [0.05, 0.1) is 17.7 Å². The van der Waals surface area contributed by atoms with Crippen LogP contribution in [-0.4, -0.2) is 31.0 Å². The third-order valence-corrected chi connectivity index (χ3v) is 7.04. The molecular weight excluding hydrogens is 498 g/mol. The molecule has 4 aliphatic heterocycles. The van der Waals surface area contributed by atoms with Gasteiger partial charge in [0, 0.05) is 29.2 Å². The predicted octanol–water partition coefficient (Wildman–Crippen LogP) is 5.21. The van der Waals surface area contributed by atoms with Crippen LogP contribution in [0.4, 0.5) is 0 Å². The number of carbonyl (C=O) groups excluding carboxylic acids is 1. The summed E-state index contributed by atoms with van der Waals surface area (Å²) in [7, 11) is 0. The zero-order valence-corrected chi connectivity index (χ0v) is 20.7. The number of Topliss-reactive ketones (excluding diaryl/α,β-unsaturated/α-hetero) is 1. The number of ketones is 1. The number of aryl methyl sites for hydroxylation is 1. The van der Waals surface area contributed by atoms with E-state index in [2.05, 4.69) is 4.90 Å². The normalized spacial score (nSPS) is 18.5. The van der Waals surface area contributed by atoms with Crippen molar-refractivity contribution in [3.63, 3.8) is 0 Å². The Kier molecular flexibility index (Phi) is 5.28. The fraction of sp³-hybridized carbons (Fsp3) is 0.250. The van der Waals surface area contributed by atoms with E-state index < -0.39 is 0 Å². The van der Waals surface area contributed by atoms with E-state index >= 15 is 0 Å². The number of fused-ring (bicyclic) bond motifs is 5. The largest absolute Gasteiger partial charge is 0.478 e. The van der Waals surface area contributed by atoms with Gasteiger partial charge < -0.3 is 28.4 Å². The van der Waals surface area contributed by atoms with Gasteiger partial charge in [0.25, 0.3) is 0 Å². The molecule has 0 saturated heterocycles. The van der Waals surface area contributed by atoms with Crippen LogP contribution in [0.5, 0.6) is 28.7 Å². The van der Waals surface area contributed by atoms with Crippen LogP contribution in [0.15, 0.2) is 42.2 Å². The molecule has 3 aromatic carbocycles. The van der Waals surface area contributed by atoms with Crippen LogP contribution in [0.1, 0.15) is 38.2 Å². The maximum absolute atomic E-state index is 13.5. The summed E-state index contributed by atoms with van der Waals surface area (Å²) in [5.41, 5.74) is 4.79. The maximum atomic E-state index is 13.5. The highest BCUT2D eigenvalue weighted by molar-refractivity contribution is 6.31. The highest BCUT2D eigenvalue weighted by atomic mass is 35.5. The van der Waals surface area contributed by atoms with E-state index in [0.717, 1.165) is 39.5 Å². The monoisotopic (exact) mass is 519 g/mol. The summed E-state index contributed by atoms with van der Waals surface area (Å²) in [6.07, 6.45) is 1.69. The van der Waals surface area contributed by atoms with Gasteiger partial charge >= 0.3 is 0 Å². The minimum atomic E-state index is -0.177. The van der Waals surface area contributed by atoms with E-state index in [9.17, 15) is 4.79 Å². The van der Waals surface area contributed by atoms with Crippen molar-refractivity contribution in [2.24, 2.45) is 0 Å². The lowest BCUT2D eigenvalue weighted by Gasteiger charge is -2.30. The topological polar surface area (TPSA) is 75.7 Å². The second-order valence-electron chi connectivity index (χ2n) is 9.36. The molecule has 0 amide bonds. The fourth-order valence-corrected chi connectivity index (χ4v) is 5.38. The summed E-state index contributed by atoms with van der Waals surface area (Å²) in [4.78, 5) is 15.6. The highest BCUT2D eigenvalue weighted by Crippen LogP contribution is 2.45. The van der Waals surface area contributed by atoms with Gasteiger partial charge in [0.1, 0.15) is 24.0 Å². The smallest absolute Gasteiger partial charge is 0.232 e. The Bertz CT molecular complexity index is 1500. The molecule has 0 saturated carbocycles. The summed E-state index contributed by atoms with van der Waals surface area (Å²) in [6, 6.07) is 11.4. The SMILES string of the molecule is Cc1cc2c(c3c1C(=O)/C(=C/c1cc(Cl)cc4c1OCOC4)O3)CN(Cc1ccc3c(c1)OCO3)CO2. The van der Waals surface area contributed by atoms with Crippen LogP contribution >= 0.6 is 11.6 Å². The van der Waals surface area contributed by atoms with Gasteiger partial charge in [-0.15, -0.1) is 0 Å². The van der Waals surface area contributed by atoms with Crippen molar-refractivity contribution < 1.29 is 33.2 Å². The van der Waals surface area contributed by atoms with Gasteiger partial charge in [0.2, 0.25) is 12.6 Å². The highest BCUT2D eigenvalue weighted by Gasteiger charge is 2.36. The first kappa shape index (κ1) is 22.5. The van der Waals surface area contributed by atoms with Crippen molar-refractivity contribution in [1.29, 1.82) is 0 Å². The fourth-order valence-electron chi connectivity index (χ4n) is 5.13. The summed E-state index contributed by atoms with van der Waals surface area (Å²) in [5, 5.41) is 0.531. The molecule has 0 radical (unpaired) electrons. The molecule has 188 valence electrons. The van der Waals surface area contributed by atoms with Crippen LogP contribution in [0.25, 0.3) is 6.08 Å². The van der Waals surface area contributed by atoms with E-state index in [4.69, 9.17) is 40.0 Å². The molecule has 0 N–H and O–H groups in total. The number of ether oxygens (including phenoxy) is 6. The summed E-state index contributed by atoms with van der Waals surface area (Å²) in [6.45, 7) is 4.30. The number of allylic oxidation sites excluding steroid dienone is 1. The average molecular weight is 520 g/mol. The van der Waals surface area contributed by atoms with Crippen LogP contribution in [0.2, 0.25) is 5.02 Å². The Morgan fingerprint density at radius 2 is 1.86 bits per heavy atom. The van der Waals surface area contributed by atoms with Gasteiger partial charge in [-0.1, -0.05) is 17.7 Å². The van der Waals surface area contributed by atoms with Gasteiger partial charge in [-0.3, -0.25) is 9.69 Å². The number of carbonyl (C=O) groups is 1. The van der Waals surface area contributed by atoms with Crippen molar-refractivity contribution in [2.45, 2.75) is 26.6 Å². The standard InChI is InChI=1S/C28H22ClNO7/c1-15-4-22-20(10-30(12-33-22)9-16-2-3-21-23(5-16)35-14-34-21)28-25(15)26(31)24(37-28)8-17-6-19(29)7-18-11-32-13-36-27(17)18/h2-8H,9-14H2,1H3/b24-8-. The van der Waals surface area contributed by atoms with Crippen LogP contribution in [0.3, 0.4) is 0 Å². The molecule has 0 aromatic heterocycles. The zero-order valence-electron chi connectivity index (χ0n) is 20.0. The molecule has 0 atom stereocenters. The van der Waals surface area contributed by atoms with Gasteiger partial charge in [0.15, 0.2) is 24.1 Å². The lowest BCUT2D eigenvalue weighted by atomic mass is 9.98. The first-order valence-electron chi connectivity index (χ1n) is 11.9. The van der Waals surface area contributed by atoms with E-state index in [1.807, 2.05) is 31.2 Å². The first-order chi connectivity index (χ1) is 18.0. The van der Waals surface area contributed by atoms with E-state index in [0.29, 0.717) is 54.1 Å². The number of halogens is 1. The molecule has 3 aromatic rings. The Labute approximate surface area is 217 Å². The van der Waals surface area contributed by atoms with Crippen molar-refractivity contribution in [3.05, 3.63) is 80.6 Å². The minimum Gasteiger partial charge on any atom is -0.478 e. The Hall–Kier alpha value is -3.72. The van der Waals surface area contributed by atoms with Crippen molar-refractivity contribution in [1.82, 2.24) is 4.90 Å². The molecule has 7 rings (SSSR count). The number of hydrogen-bond acceptors (Lipinski definition) is 8. The van der Waals surface area contributed by atoms with Gasteiger partial charge in [-0.2, -0.15) is 0 Å². The lowest BCUT2D eigenvalue weighted by molar-refractivity contribution is -0.0165. The number of rotatable bonds is 3. The number of nitrogens with zero attached hydrogens (tertiary/aromatic N) is 1. The molecule has 4 heterocycles. The van der Waals surface area contributed by atoms with Crippen molar-refractivity contribution in [3.8, 4) is 28.7 Å². The van der Waals surface area contributed by atoms with Gasteiger partial charge in [-0.25, -0.2) is 0 Å². The Morgan fingerprint density at radius 3 is 2.78 bits per heavy atom. The molecule has 0 spiro atoms. The Morgan fingerprint density at radius 1 is 0.973 bits per heavy atom. The third kappa shape index (κ3) is 3.89. The summed E-state index contributed by atoms with van der Waals surface area (Å²) >= 11 is 6.32. The molecule has 37 heavy (non-hydrogen) atoms. The second kappa shape index (κ2) is 8.69. The maximum Gasteiger partial charge on any atom is 0.232 e. The number of hydrogen-bond donors (Lipinski definition) is 0. The van der Waals surface area contributed by atoms with E-state index in [-0.39, 0.29) is 25.1 Å². The van der Waals surface area contributed by atoms with Crippen LogP contribution < -0.4 is 23.7 Å². The van der Waals surface area contributed by atoms with E-state index in [1.54, 1.807) is 18.2 Å². The minimum absolute atomic E-state index is 0.142. The summed E-state index contributed by atoms with van der Waals surface area (Å²) in [5.74, 6) is 3.46. The Balaban J connectivity index is 1.20. The van der Waals surface area contributed by atoms with Crippen molar-refractivity contribution in [2.75, 3.05) is 20.3 Å². The second-order valence-corrected chi connectivity index (χ2v) is 9.79. The quantitative estimate of drug-likeness (QED) is 0.436. The molecule has 9 heteroatoms. The van der Waals surface area contributed by atoms with Gasteiger partial charge in [-0.05, 0) is 54.5 Å². The molecule has 8 nitrogen and oxygen atoms in total. The average Bonchev–Trinajstić information content (AvgIpc) is 3.49. The predicted molar refractivity (Wildman–Crippen MR) is 133 cm³/mol. The lowest BCUT2D eigenvalue weighted by Crippen LogP contribution is -2.31. The molecule has 0 fully saturated rings. The van der Waals surface area contributed by atoms with Crippen LogP contribution in [0, 0.1) is 6.92 Å². The first-order valence-corrected chi connectivity index (χ1v) is 12.3. The molecule has 0 bridgehead atoms. The molecule has 0 aliphatic carbocycles. The molecular formula is C28H22ClNO7. The van der Waals surface area contributed by atoms with E-state index in [1.165, 1.54) is 0 Å².